The van der Waals surface area contributed by atoms with Gasteiger partial charge in [-0.05, 0) is 52.3 Å². The van der Waals surface area contributed by atoms with Crippen molar-refractivity contribution < 1.29 is 4.39 Å². The minimum absolute atomic E-state index is 0.319. The Kier molecular flexibility index (Phi) is 5.26. The molecule has 0 radical (unpaired) electrons. The van der Waals surface area contributed by atoms with Gasteiger partial charge in [-0.15, -0.1) is 0 Å². The SMILES string of the molecule is Fc1cccc(-c2cn3c(-c4ccc(Cl)cc4)c(-c4ccc(Cl)cc4)nc3c(Br)n2)c1. The summed E-state index contributed by atoms with van der Waals surface area (Å²) in [5, 5.41) is 1.30. The van der Waals surface area contributed by atoms with Gasteiger partial charge in [0.15, 0.2) is 5.65 Å². The fourth-order valence-corrected chi connectivity index (χ4v) is 4.21. The van der Waals surface area contributed by atoms with Gasteiger partial charge in [0.05, 0.1) is 17.1 Å². The number of hydrogen-bond donors (Lipinski definition) is 0. The van der Waals surface area contributed by atoms with Crippen molar-refractivity contribution in [2.24, 2.45) is 0 Å². The summed E-state index contributed by atoms with van der Waals surface area (Å²) in [6.45, 7) is 0. The van der Waals surface area contributed by atoms with Gasteiger partial charge in [0.25, 0.3) is 0 Å². The highest BCUT2D eigenvalue weighted by Crippen LogP contribution is 2.36. The summed E-state index contributed by atoms with van der Waals surface area (Å²) in [5.41, 5.74) is 5.44. The quantitative estimate of drug-likeness (QED) is 0.245. The number of halogens is 4. The first-order valence-electron chi connectivity index (χ1n) is 9.36. The molecule has 0 aliphatic rings. The minimum atomic E-state index is -0.319. The molecule has 31 heavy (non-hydrogen) atoms. The lowest BCUT2D eigenvalue weighted by Crippen LogP contribution is -1.95. The normalized spacial score (nSPS) is 11.2. The third-order valence-corrected chi connectivity index (χ3v) is 5.96. The van der Waals surface area contributed by atoms with E-state index in [9.17, 15) is 4.39 Å². The number of nitrogens with zero attached hydrogens (tertiary/aromatic N) is 3. The zero-order valence-corrected chi connectivity index (χ0v) is 19.0. The van der Waals surface area contributed by atoms with Crippen molar-refractivity contribution in [2.45, 2.75) is 0 Å². The van der Waals surface area contributed by atoms with Crippen LogP contribution < -0.4 is 0 Å². The number of rotatable bonds is 3. The molecular weight excluding hydrogens is 500 g/mol. The van der Waals surface area contributed by atoms with Crippen molar-refractivity contribution >= 4 is 44.8 Å². The summed E-state index contributed by atoms with van der Waals surface area (Å²) in [4.78, 5) is 9.47. The summed E-state index contributed by atoms with van der Waals surface area (Å²) in [5.74, 6) is -0.319. The highest BCUT2D eigenvalue weighted by atomic mass is 79.9. The van der Waals surface area contributed by atoms with E-state index in [0.29, 0.717) is 31.6 Å². The van der Waals surface area contributed by atoms with Gasteiger partial charge in [0, 0.05) is 32.9 Å². The molecule has 152 valence electrons. The maximum Gasteiger partial charge on any atom is 0.171 e. The van der Waals surface area contributed by atoms with Crippen LogP contribution in [-0.2, 0) is 0 Å². The highest BCUT2D eigenvalue weighted by Gasteiger charge is 2.19. The molecule has 0 atom stereocenters. The van der Waals surface area contributed by atoms with Gasteiger partial charge in [0.2, 0.25) is 0 Å². The average molecular weight is 513 g/mol. The predicted octanol–water partition coefficient (Wildman–Crippen LogP) is 7.94. The average Bonchev–Trinajstić information content (AvgIpc) is 3.15. The largest absolute Gasteiger partial charge is 0.295 e. The lowest BCUT2D eigenvalue weighted by molar-refractivity contribution is 0.628. The van der Waals surface area contributed by atoms with Crippen LogP contribution in [0.5, 0.6) is 0 Å². The van der Waals surface area contributed by atoms with Crippen molar-refractivity contribution in [3.05, 3.63) is 99.5 Å². The molecule has 2 heterocycles. The van der Waals surface area contributed by atoms with Crippen molar-refractivity contribution in [2.75, 3.05) is 0 Å². The zero-order valence-electron chi connectivity index (χ0n) is 15.9. The Morgan fingerprint density at radius 3 is 2.06 bits per heavy atom. The van der Waals surface area contributed by atoms with Gasteiger partial charge >= 0.3 is 0 Å². The summed E-state index contributed by atoms with van der Waals surface area (Å²) < 4.78 is 16.3. The molecule has 0 saturated carbocycles. The van der Waals surface area contributed by atoms with Crippen molar-refractivity contribution in [3.63, 3.8) is 0 Å². The molecule has 0 fully saturated rings. The number of benzene rings is 3. The van der Waals surface area contributed by atoms with Crippen LogP contribution in [0, 0.1) is 5.82 Å². The number of hydrogen-bond acceptors (Lipinski definition) is 2. The standard InChI is InChI=1S/C24H13BrCl2FN3/c25-23-24-30-21(14-4-8-17(26)9-5-14)22(15-6-10-18(27)11-7-15)31(24)13-20(29-23)16-2-1-3-19(28)12-16/h1-13H. The fraction of sp³-hybridized carbons (Fsp3) is 0. The van der Waals surface area contributed by atoms with Gasteiger partial charge in [-0.3, -0.25) is 4.40 Å². The van der Waals surface area contributed by atoms with Crippen LogP contribution in [0.25, 0.3) is 39.4 Å². The number of fused-ring (bicyclic) bond motifs is 1. The molecule has 0 aliphatic heterocycles. The zero-order chi connectivity index (χ0) is 21.5. The van der Waals surface area contributed by atoms with Crippen molar-refractivity contribution in [3.8, 4) is 33.8 Å². The van der Waals surface area contributed by atoms with E-state index in [1.54, 1.807) is 6.07 Å². The molecule has 0 unspecified atom stereocenters. The van der Waals surface area contributed by atoms with E-state index < -0.39 is 0 Å². The monoisotopic (exact) mass is 511 g/mol. The second-order valence-corrected chi connectivity index (χ2v) is 8.57. The van der Waals surface area contributed by atoms with Crippen LogP contribution in [0.2, 0.25) is 10.0 Å². The molecule has 3 aromatic carbocycles. The molecule has 5 aromatic rings. The molecule has 0 spiro atoms. The Hall–Kier alpha value is -2.73. The molecule has 5 rings (SSSR count). The first kappa shape index (κ1) is 20.2. The molecule has 7 heteroatoms. The molecule has 0 N–H and O–H groups in total. The lowest BCUT2D eigenvalue weighted by Gasteiger charge is -2.09. The third kappa shape index (κ3) is 3.85. The second-order valence-electron chi connectivity index (χ2n) is 6.94. The van der Waals surface area contributed by atoms with Crippen LogP contribution >= 0.6 is 39.1 Å². The van der Waals surface area contributed by atoms with E-state index in [2.05, 4.69) is 20.9 Å². The van der Waals surface area contributed by atoms with Crippen molar-refractivity contribution in [1.29, 1.82) is 0 Å². The Morgan fingerprint density at radius 1 is 0.774 bits per heavy atom. The predicted molar refractivity (Wildman–Crippen MR) is 127 cm³/mol. The number of aromatic nitrogens is 3. The summed E-state index contributed by atoms with van der Waals surface area (Å²) in [6.07, 6.45) is 1.87. The smallest absolute Gasteiger partial charge is 0.171 e. The van der Waals surface area contributed by atoms with Gasteiger partial charge in [-0.25, -0.2) is 14.4 Å². The van der Waals surface area contributed by atoms with Crippen molar-refractivity contribution in [1.82, 2.24) is 14.4 Å². The first-order valence-corrected chi connectivity index (χ1v) is 10.9. The lowest BCUT2D eigenvalue weighted by atomic mass is 10.0. The third-order valence-electron chi connectivity index (χ3n) is 4.92. The van der Waals surface area contributed by atoms with E-state index in [1.165, 1.54) is 12.1 Å². The van der Waals surface area contributed by atoms with E-state index in [-0.39, 0.29) is 5.82 Å². The first-order chi connectivity index (χ1) is 15.0. The van der Waals surface area contributed by atoms with Gasteiger partial charge in [0.1, 0.15) is 10.4 Å². The molecule has 0 amide bonds. The minimum Gasteiger partial charge on any atom is -0.295 e. The molecule has 0 aliphatic carbocycles. The summed E-state index contributed by atoms with van der Waals surface area (Å²) >= 11 is 15.8. The van der Waals surface area contributed by atoms with E-state index in [4.69, 9.17) is 28.2 Å². The van der Waals surface area contributed by atoms with E-state index in [1.807, 2.05) is 65.2 Å². The van der Waals surface area contributed by atoms with Crippen LogP contribution in [0.15, 0.2) is 83.6 Å². The fourth-order valence-electron chi connectivity index (χ4n) is 3.49. The van der Waals surface area contributed by atoms with Crippen LogP contribution in [0.1, 0.15) is 0 Å². The summed E-state index contributed by atoms with van der Waals surface area (Å²) in [6, 6.07) is 21.4. The van der Waals surface area contributed by atoms with Crippen LogP contribution in [-0.4, -0.2) is 14.4 Å². The maximum atomic E-state index is 13.8. The summed E-state index contributed by atoms with van der Waals surface area (Å²) in [7, 11) is 0. The second kappa shape index (κ2) is 8.08. The molecule has 0 bridgehead atoms. The Bertz CT molecular complexity index is 1410. The van der Waals surface area contributed by atoms with E-state index in [0.717, 1.165) is 22.5 Å². The van der Waals surface area contributed by atoms with E-state index >= 15 is 0 Å². The Balaban J connectivity index is 1.82. The van der Waals surface area contributed by atoms with Crippen LogP contribution in [0.3, 0.4) is 0 Å². The van der Waals surface area contributed by atoms with Gasteiger partial charge < -0.3 is 0 Å². The highest BCUT2D eigenvalue weighted by molar-refractivity contribution is 9.10. The maximum absolute atomic E-state index is 13.8. The topological polar surface area (TPSA) is 30.2 Å². The van der Waals surface area contributed by atoms with Gasteiger partial charge in [-0.1, -0.05) is 59.6 Å². The molecule has 2 aromatic heterocycles. The molecular formula is C24H13BrCl2FN3. The van der Waals surface area contributed by atoms with Gasteiger partial charge in [-0.2, -0.15) is 0 Å². The molecule has 3 nitrogen and oxygen atoms in total. The molecule has 0 saturated heterocycles. The van der Waals surface area contributed by atoms with Crippen LogP contribution in [0.4, 0.5) is 4.39 Å². The Labute approximate surface area is 196 Å². The number of imidazole rings is 1. The Morgan fingerprint density at radius 2 is 1.42 bits per heavy atom.